The fourth-order valence-corrected chi connectivity index (χ4v) is 4.76. The normalized spacial score (nSPS) is 22.0. The average Bonchev–Trinajstić information content (AvgIpc) is 2.94. The summed E-state index contributed by atoms with van der Waals surface area (Å²) in [5.74, 6) is 0.325. The lowest BCUT2D eigenvalue weighted by atomic mass is 10.1. The van der Waals surface area contributed by atoms with Crippen LogP contribution in [0.3, 0.4) is 0 Å². The quantitative estimate of drug-likeness (QED) is 0.595. The van der Waals surface area contributed by atoms with Crippen LogP contribution in [0.1, 0.15) is 25.1 Å². The van der Waals surface area contributed by atoms with Crippen molar-refractivity contribution in [2.24, 2.45) is 5.73 Å². The Bertz CT molecular complexity index is 653. The number of thioether (sulfide) groups is 1. The van der Waals surface area contributed by atoms with E-state index < -0.39 is 21.0 Å². The second kappa shape index (κ2) is 6.18. The molecule has 9 heteroatoms. The average molecular weight is 330 g/mol. The fraction of sp³-hybridized carbons (Fsp3) is 0.583. The van der Waals surface area contributed by atoms with Gasteiger partial charge in [0.2, 0.25) is 5.91 Å². The first-order chi connectivity index (χ1) is 9.84. The molecule has 1 saturated heterocycles. The van der Waals surface area contributed by atoms with Crippen LogP contribution in [0.5, 0.6) is 0 Å². The molecule has 1 aliphatic heterocycles. The third-order valence-corrected chi connectivity index (χ3v) is 6.20. The number of allylic oxidation sites excluding steroid dienone is 1. The maximum Gasteiger partial charge on any atom is 0.230 e. The van der Waals surface area contributed by atoms with Crippen LogP contribution in [0.15, 0.2) is 17.8 Å². The lowest BCUT2D eigenvalue weighted by molar-refractivity contribution is -0.117. The second-order valence-electron chi connectivity index (χ2n) is 5.00. The molecule has 0 bridgehead atoms. The molecule has 0 saturated carbocycles. The van der Waals surface area contributed by atoms with Crippen molar-refractivity contribution in [3.05, 3.63) is 18.5 Å². The number of sulfone groups is 1. The number of nitrogens with zero attached hydrogens (tertiary/aromatic N) is 3. The molecular formula is C12H18N4O3S2. The van der Waals surface area contributed by atoms with Crippen LogP contribution in [0, 0.1) is 0 Å². The van der Waals surface area contributed by atoms with E-state index in [2.05, 4.69) is 16.8 Å². The van der Waals surface area contributed by atoms with E-state index in [0.717, 1.165) is 0 Å². The molecule has 116 valence electrons. The highest BCUT2D eigenvalue weighted by atomic mass is 32.2. The third kappa shape index (κ3) is 3.65. The molecule has 2 heterocycles. The van der Waals surface area contributed by atoms with Gasteiger partial charge in [-0.05, 0) is 13.3 Å². The topological polar surface area (TPSA) is 108 Å². The van der Waals surface area contributed by atoms with E-state index in [-0.39, 0.29) is 17.4 Å². The van der Waals surface area contributed by atoms with E-state index in [9.17, 15) is 13.2 Å². The Hall–Kier alpha value is -1.35. The van der Waals surface area contributed by atoms with Crippen LogP contribution < -0.4 is 5.73 Å². The van der Waals surface area contributed by atoms with Crippen LogP contribution >= 0.6 is 11.8 Å². The summed E-state index contributed by atoms with van der Waals surface area (Å²) in [6.07, 6.45) is 2.24. The van der Waals surface area contributed by atoms with Gasteiger partial charge in [-0.3, -0.25) is 4.79 Å². The SMILES string of the molecule is C=CCn1c(S[C@@H](C)C(N)=O)nnc1[C@@H]1CCS(=O)(=O)C1. The minimum atomic E-state index is -2.99. The van der Waals surface area contributed by atoms with Gasteiger partial charge in [-0.1, -0.05) is 17.8 Å². The number of carbonyl (C=O) groups excluding carboxylic acids is 1. The van der Waals surface area contributed by atoms with Gasteiger partial charge in [-0.25, -0.2) is 8.42 Å². The van der Waals surface area contributed by atoms with Gasteiger partial charge in [0, 0.05) is 12.5 Å². The van der Waals surface area contributed by atoms with E-state index in [0.29, 0.717) is 23.9 Å². The Balaban J connectivity index is 2.28. The summed E-state index contributed by atoms with van der Waals surface area (Å²) >= 11 is 1.22. The van der Waals surface area contributed by atoms with Gasteiger partial charge in [0.05, 0.1) is 16.8 Å². The second-order valence-corrected chi connectivity index (χ2v) is 8.54. The lowest BCUT2D eigenvalue weighted by Crippen LogP contribution is -2.23. The van der Waals surface area contributed by atoms with E-state index in [1.807, 2.05) is 4.57 Å². The van der Waals surface area contributed by atoms with Gasteiger partial charge < -0.3 is 10.3 Å². The summed E-state index contributed by atoms with van der Waals surface area (Å²) in [5.41, 5.74) is 5.26. The van der Waals surface area contributed by atoms with E-state index in [4.69, 9.17) is 5.73 Å². The monoisotopic (exact) mass is 330 g/mol. The van der Waals surface area contributed by atoms with Crippen LogP contribution in [0.4, 0.5) is 0 Å². The Morgan fingerprint density at radius 3 is 2.86 bits per heavy atom. The molecule has 0 aromatic carbocycles. The van der Waals surface area contributed by atoms with E-state index in [1.54, 1.807) is 13.0 Å². The number of hydrogen-bond acceptors (Lipinski definition) is 6. The van der Waals surface area contributed by atoms with Crippen molar-refractivity contribution in [1.29, 1.82) is 0 Å². The van der Waals surface area contributed by atoms with Crippen molar-refractivity contribution in [1.82, 2.24) is 14.8 Å². The number of amides is 1. The number of hydrogen-bond donors (Lipinski definition) is 1. The Morgan fingerprint density at radius 2 is 2.33 bits per heavy atom. The van der Waals surface area contributed by atoms with E-state index in [1.165, 1.54) is 11.8 Å². The zero-order valence-electron chi connectivity index (χ0n) is 11.7. The number of carbonyl (C=O) groups is 1. The Labute approximate surface area is 127 Å². The molecule has 2 atom stereocenters. The van der Waals surface area contributed by atoms with Gasteiger partial charge in [0.25, 0.3) is 0 Å². The summed E-state index contributed by atoms with van der Waals surface area (Å²) in [5, 5.41) is 8.32. The molecule has 7 nitrogen and oxygen atoms in total. The largest absolute Gasteiger partial charge is 0.369 e. The van der Waals surface area contributed by atoms with Crippen LogP contribution in [-0.4, -0.2) is 45.8 Å². The minimum absolute atomic E-state index is 0.0956. The molecule has 0 unspecified atom stereocenters. The predicted molar refractivity (Wildman–Crippen MR) is 80.7 cm³/mol. The maximum atomic E-state index is 11.6. The lowest BCUT2D eigenvalue weighted by Gasteiger charge is -2.12. The van der Waals surface area contributed by atoms with Crippen molar-refractivity contribution < 1.29 is 13.2 Å². The summed E-state index contributed by atoms with van der Waals surface area (Å²) < 4.78 is 25.0. The number of nitrogens with two attached hydrogens (primary N) is 1. The summed E-state index contributed by atoms with van der Waals surface area (Å²) in [7, 11) is -2.99. The van der Waals surface area contributed by atoms with Crippen molar-refractivity contribution in [3.8, 4) is 0 Å². The zero-order chi connectivity index (χ0) is 15.6. The van der Waals surface area contributed by atoms with Gasteiger partial charge in [-0.15, -0.1) is 16.8 Å². The van der Waals surface area contributed by atoms with Crippen molar-refractivity contribution in [2.75, 3.05) is 11.5 Å². The van der Waals surface area contributed by atoms with Crippen molar-refractivity contribution >= 4 is 27.5 Å². The fourth-order valence-electron chi connectivity index (χ4n) is 2.20. The minimum Gasteiger partial charge on any atom is -0.369 e. The van der Waals surface area contributed by atoms with Gasteiger partial charge in [0.15, 0.2) is 15.0 Å². The zero-order valence-corrected chi connectivity index (χ0v) is 13.4. The van der Waals surface area contributed by atoms with E-state index >= 15 is 0 Å². The highest BCUT2D eigenvalue weighted by Crippen LogP contribution is 2.31. The van der Waals surface area contributed by atoms with Gasteiger partial charge in [0.1, 0.15) is 5.82 Å². The molecule has 2 N–H and O–H groups in total. The first-order valence-corrected chi connectivity index (χ1v) is 9.24. The third-order valence-electron chi connectivity index (χ3n) is 3.34. The number of aromatic nitrogens is 3. The van der Waals surface area contributed by atoms with Gasteiger partial charge >= 0.3 is 0 Å². The number of rotatable bonds is 6. The molecule has 1 aromatic rings. The molecule has 0 spiro atoms. The molecule has 0 aliphatic carbocycles. The number of primary amides is 1. The highest BCUT2D eigenvalue weighted by molar-refractivity contribution is 8.00. The molecular weight excluding hydrogens is 312 g/mol. The van der Waals surface area contributed by atoms with Crippen molar-refractivity contribution in [3.63, 3.8) is 0 Å². The summed E-state index contributed by atoms with van der Waals surface area (Å²) in [6.45, 7) is 5.85. The Kier molecular flexibility index (Phi) is 4.72. The molecule has 21 heavy (non-hydrogen) atoms. The molecule has 1 fully saturated rings. The predicted octanol–water partition coefficient (Wildman–Crippen LogP) is 0.332. The van der Waals surface area contributed by atoms with Crippen LogP contribution in [0.2, 0.25) is 0 Å². The van der Waals surface area contributed by atoms with Crippen LogP contribution in [0.25, 0.3) is 0 Å². The molecule has 0 radical (unpaired) electrons. The first-order valence-electron chi connectivity index (χ1n) is 6.54. The Morgan fingerprint density at radius 1 is 1.62 bits per heavy atom. The molecule has 1 amide bonds. The van der Waals surface area contributed by atoms with Crippen molar-refractivity contribution in [2.45, 2.75) is 36.2 Å². The van der Waals surface area contributed by atoms with Gasteiger partial charge in [-0.2, -0.15) is 0 Å². The molecule has 1 aromatic heterocycles. The smallest absolute Gasteiger partial charge is 0.230 e. The summed E-state index contributed by atoms with van der Waals surface area (Å²) in [6, 6.07) is 0. The van der Waals surface area contributed by atoms with Crippen LogP contribution in [-0.2, 0) is 21.2 Å². The maximum absolute atomic E-state index is 11.6. The first kappa shape index (κ1) is 16.0. The highest BCUT2D eigenvalue weighted by Gasteiger charge is 2.33. The molecule has 1 aliphatic rings. The molecule has 2 rings (SSSR count). The standard InChI is InChI=1S/C12H18N4O3S2/c1-3-5-16-11(9-4-6-21(18,19)7-9)14-15-12(16)20-8(2)10(13)17/h3,8-9H,1,4-7H2,2H3,(H2,13,17)/t8-,9+/m0/s1. The summed E-state index contributed by atoms with van der Waals surface area (Å²) in [4.78, 5) is 11.2.